The number of aromatic hydroxyl groups is 3. The van der Waals surface area contributed by atoms with E-state index in [1.807, 2.05) is 0 Å². The molecule has 0 aromatic heterocycles. The van der Waals surface area contributed by atoms with Gasteiger partial charge in [0.15, 0.2) is 0 Å². The lowest BCUT2D eigenvalue weighted by molar-refractivity contribution is 0.0730. The zero-order chi connectivity index (χ0) is 27.4. The van der Waals surface area contributed by atoms with Gasteiger partial charge in [-0.15, -0.1) is 0 Å². The van der Waals surface area contributed by atoms with E-state index in [0.29, 0.717) is 11.1 Å². The van der Waals surface area contributed by atoms with Crippen molar-refractivity contribution in [2.24, 2.45) is 0 Å². The number of ether oxygens (including phenoxy) is 3. The van der Waals surface area contributed by atoms with Crippen LogP contribution < -0.4 is 14.2 Å². The highest BCUT2D eigenvalue weighted by Gasteiger charge is 2.17. The number of carbonyl (C=O) groups is 3. The number of aryl methyl sites for hydroxylation is 2. The Kier molecular flexibility index (Phi) is 7.29. The number of hydrogen-bond donors (Lipinski definition) is 3. The largest absolute Gasteiger partial charge is 0.508 e. The summed E-state index contributed by atoms with van der Waals surface area (Å²) < 4.78 is 16.3. The Hall–Kier alpha value is -5.31. The molecule has 9 nitrogen and oxygen atoms in total. The average Bonchev–Trinajstić information content (AvgIpc) is 2.87. The zero-order valence-corrected chi connectivity index (χ0v) is 20.3. The van der Waals surface area contributed by atoms with Gasteiger partial charge in [-0.2, -0.15) is 0 Å². The van der Waals surface area contributed by atoms with E-state index in [-0.39, 0.29) is 51.2 Å². The van der Waals surface area contributed by atoms with Gasteiger partial charge >= 0.3 is 17.9 Å². The summed E-state index contributed by atoms with van der Waals surface area (Å²) in [7, 11) is 0. The number of benzene rings is 4. The third-order valence-electron chi connectivity index (χ3n) is 5.45. The van der Waals surface area contributed by atoms with Crippen molar-refractivity contribution >= 4 is 17.9 Å². The summed E-state index contributed by atoms with van der Waals surface area (Å²) in [5, 5.41) is 28.9. The fourth-order valence-corrected chi connectivity index (χ4v) is 3.38. The molecule has 0 aliphatic carbocycles. The normalized spacial score (nSPS) is 10.5. The minimum atomic E-state index is -0.769. The second-order valence-corrected chi connectivity index (χ2v) is 8.36. The van der Waals surface area contributed by atoms with Gasteiger partial charge in [0.25, 0.3) is 0 Å². The highest BCUT2D eigenvalue weighted by atomic mass is 16.6. The van der Waals surface area contributed by atoms with Crippen molar-refractivity contribution in [3.05, 3.63) is 107 Å². The topological polar surface area (TPSA) is 140 Å². The molecular formula is C29H22O9. The minimum Gasteiger partial charge on any atom is -0.508 e. The van der Waals surface area contributed by atoms with Gasteiger partial charge in [0.05, 0.1) is 16.7 Å². The summed E-state index contributed by atoms with van der Waals surface area (Å²) in [5.74, 6) is -2.54. The van der Waals surface area contributed by atoms with Crippen molar-refractivity contribution in [2.45, 2.75) is 13.8 Å². The van der Waals surface area contributed by atoms with E-state index in [4.69, 9.17) is 14.2 Å². The molecule has 0 radical (unpaired) electrons. The van der Waals surface area contributed by atoms with Gasteiger partial charge in [0, 0.05) is 18.2 Å². The van der Waals surface area contributed by atoms with Gasteiger partial charge in [-0.3, -0.25) is 0 Å². The Morgan fingerprint density at radius 2 is 0.842 bits per heavy atom. The molecule has 0 fully saturated rings. The maximum atomic E-state index is 12.7. The first kappa shape index (κ1) is 25.8. The van der Waals surface area contributed by atoms with Crippen molar-refractivity contribution in [2.75, 3.05) is 0 Å². The monoisotopic (exact) mass is 514 g/mol. The third-order valence-corrected chi connectivity index (χ3v) is 5.45. The Labute approximate surface area is 217 Å². The molecule has 0 heterocycles. The summed E-state index contributed by atoms with van der Waals surface area (Å²) in [6, 6.07) is 17.5. The lowest BCUT2D eigenvalue weighted by Gasteiger charge is -2.12. The van der Waals surface area contributed by atoms with Crippen LogP contribution in [0.4, 0.5) is 0 Å². The first-order valence-corrected chi connectivity index (χ1v) is 11.3. The fraction of sp³-hybridized carbons (Fsp3) is 0.0690. The predicted molar refractivity (Wildman–Crippen MR) is 135 cm³/mol. The summed E-state index contributed by atoms with van der Waals surface area (Å²) in [6.07, 6.45) is 0. The maximum Gasteiger partial charge on any atom is 0.343 e. The van der Waals surface area contributed by atoms with Gasteiger partial charge < -0.3 is 29.5 Å². The van der Waals surface area contributed by atoms with Crippen LogP contribution in [-0.4, -0.2) is 33.2 Å². The number of rotatable bonds is 6. The van der Waals surface area contributed by atoms with Gasteiger partial charge in [-0.25, -0.2) is 14.4 Å². The number of phenols is 3. The van der Waals surface area contributed by atoms with Crippen LogP contribution in [0.2, 0.25) is 0 Å². The number of carbonyl (C=O) groups excluding carboxylic acids is 3. The van der Waals surface area contributed by atoms with Crippen molar-refractivity contribution in [1.29, 1.82) is 0 Å². The minimum absolute atomic E-state index is 0.0170. The van der Waals surface area contributed by atoms with Crippen LogP contribution in [0.15, 0.2) is 78.9 Å². The van der Waals surface area contributed by atoms with Crippen molar-refractivity contribution < 1.29 is 43.9 Å². The van der Waals surface area contributed by atoms with Crippen LogP contribution in [-0.2, 0) is 0 Å². The van der Waals surface area contributed by atoms with Crippen LogP contribution >= 0.6 is 0 Å². The van der Waals surface area contributed by atoms with Crippen LogP contribution in [0.5, 0.6) is 34.5 Å². The molecule has 0 saturated heterocycles. The smallest absolute Gasteiger partial charge is 0.343 e. The fourth-order valence-electron chi connectivity index (χ4n) is 3.38. The zero-order valence-electron chi connectivity index (χ0n) is 20.3. The molecule has 4 aromatic rings. The molecule has 0 saturated carbocycles. The van der Waals surface area contributed by atoms with Gasteiger partial charge in [0.2, 0.25) is 0 Å². The first-order chi connectivity index (χ1) is 18.1. The molecule has 0 amide bonds. The molecule has 192 valence electrons. The SMILES string of the molecule is Cc1cc(C(=O)Oc2cc(OC(=O)c3ccc(O)cc3)cc(OC(=O)c3ccc(O)c(C)c3)c2)ccc1O. The molecular weight excluding hydrogens is 492 g/mol. The number of esters is 3. The molecule has 9 heteroatoms. The van der Waals surface area contributed by atoms with Crippen LogP contribution in [0, 0.1) is 13.8 Å². The van der Waals surface area contributed by atoms with Gasteiger partial charge in [0.1, 0.15) is 34.5 Å². The highest BCUT2D eigenvalue weighted by molar-refractivity contribution is 5.93. The molecule has 0 spiro atoms. The third kappa shape index (κ3) is 6.08. The number of hydrogen-bond acceptors (Lipinski definition) is 9. The Morgan fingerprint density at radius 1 is 0.500 bits per heavy atom. The molecule has 38 heavy (non-hydrogen) atoms. The Balaban J connectivity index is 1.63. The molecule has 4 rings (SSSR count). The first-order valence-electron chi connectivity index (χ1n) is 11.3. The number of phenolic OH excluding ortho intramolecular Hbond substituents is 3. The summed E-state index contributed by atoms with van der Waals surface area (Å²) >= 11 is 0. The molecule has 0 aliphatic heterocycles. The van der Waals surface area contributed by atoms with Crippen molar-refractivity contribution in [1.82, 2.24) is 0 Å². The van der Waals surface area contributed by atoms with E-state index in [0.717, 1.165) is 0 Å². The molecule has 0 atom stereocenters. The Bertz CT molecular complexity index is 1450. The summed E-state index contributed by atoms with van der Waals surface area (Å²) in [6.45, 7) is 3.25. The molecule has 0 bridgehead atoms. The van der Waals surface area contributed by atoms with Crippen LogP contribution in [0.25, 0.3) is 0 Å². The summed E-state index contributed by atoms with van der Waals surface area (Å²) in [5.41, 5.74) is 1.39. The lowest BCUT2D eigenvalue weighted by atomic mass is 10.1. The lowest BCUT2D eigenvalue weighted by Crippen LogP contribution is -2.12. The Morgan fingerprint density at radius 3 is 1.21 bits per heavy atom. The van der Waals surface area contributed by atoms with Crippen molar-refractivity contribution in [3.63, 3.8) is 0 Å². The van der Waals surface area contributed by atoms with E-state index in [1.165, 1.54) is 78.9 Å². The van der Waals surface area contributed by atoms with Crippen molar-refractivity contribution in [3.8, 4) is 34.5 Å². The van der Waals surface area contributed by atoms with Crippen LogP contribution in [0.1, 0.15) is 42.2 Å². The van der Waals surface area contributed by atoms with E-state index in [1.54, 1.807) is 13.8 Å². The quantitative estimate of drug-likeness (QED) is 0.237. The van der Waals surface area contributed by atoms with E-state index in [2.05, 4.69) is 0 Å². The van der Waals surface area contributed by atoms with E-state index >= 15 is 0 Å². The van der Waals surface area contributed by atoms with Gasteiger partial charge in [-0.05, 0) is 85.6 Å². The maximum absolute atomic E-state index is 12.7. The standard InChI is InChI=1S/C29H22O9/c1-16-11-19(5-9-25(16)31)28(34)37-23-13-22(36-27(33)18-3-7-21(30)8-4-18)14-24(15-23)38-29(35)20-6-10-26(32)17(2)12-20/h3-15,30-32H,1-2H3. The molecule has 0 aliphatic rings. The highest BCUT2D eigenvalue weighted by Crippen LogP contribution is 2.30. The van der Waals surface area contributed by atoms with Crippen LogP contribution in [0.3, 0.4) is 0 Å². The average molecular weight is 514 g/mol. The second-order valence-electron chi connectivity index (χ2n) is 8.36. The van der Waals surface area contributed by atoms with E-state index in [9.17, 15) is 29.7 Å². The summed E-state index contributed by atoms with van der Waals surface area (Å²) in [4.78, 5) is 38.1. The molecule has 0 unspecified atom stereocenters. The van der Waals surface area contributed by atoms with E-state index < -0.39 is 17.9 Å². The second kappa shape index (κ2) is 10.8. The predicted octanol–water partition coefficient (Wildman–Crippen LogP) is 5.08. The molecule has 3 N–H and O–H groups in total. The molecule has 4 aromatic carbocycles. The van der Waals surface area contributed by atoms with Gasteiger partial charge in [-0.1, -0.05) is 0 Å².